The Kier molecular flexibility index (Phi) is 5.83. The predicted octanol–water partition coefficient (Wildman–Crippen LogP) is 1.34. The quantitative estimate of drug-likeness (QED) is 0.788. The molecule has 10 heteroatoms. The number of anilines is 1. The lowest BCUT2D eigenvalue weighted by Gasteiger charge is -2.21. The second kappa shape index (κ2) is 7.64. The monoisotopic (exact) mass is 357 g/mol. The first-order chi connectivity index (χ1) is 10.9. The fourth-order valence-corrected chi connectivity index (χ4v) is 2.41. The predicted molar refractivity (Wildman–Crippen MR) is 87.8 cm³/mol. The summed E-state index contributed by atoms with van der Waals surface area (Å²) in [6, 6.07) is 3.57. The number of carbonyl (C=O) groups excluding carboxylic acids is 1. The highest BCUT2D eigenvalue weighted by atomic mass is 35.5. The summed E-state index contributed by atoms with van der Waals surface area (Å²) < 4.78 is 22.5. The molecule has 0 bridgehead atoms. The summed E-state index contributed by atoms with van der Waals surface area (Å²) >= 11 is 3.93. The zero-order valence-electron chi connectivity index (χ0n) is 12.6. The van der Waals surface area contributed by atoms with Gasteiger partial charge in [-0.05, 0) is 19.1 Å². The van der Waals surface area contributed by atoms with Crippen LogP contribution >= 0.6 is 11.6 Å². The number of rotatable bonds is 6. The molecule has 23 heavy (non-hydrogen) atoms. The van der Waals surface area contributed by atoms with Crippen molar-refractivity contribution >= 4 is 34.5 Å². The van der Waals surface area contributed by atoms with Crippen LogP contribution in [0.2, 0.25) is 5.15 Å². The molecule has 0 spiro atoms. The van der Waals surface area contributed by atoms with Gasteiger partial charge in [-0.3, -0.25) is 14.3 Å². The van der Waals surface area contributed by atoms with Crippen molar-refractivity contribution in [2.75, 3.05) is 25.0 Å². The van der Waals surface area contributed by atoms with Crippen molar-refractivity contribution in [3.05, 3.63) is 35.9 Å². The van der Waals surface area contributed by atoms with Crippen LogP contribution in [-0.2, 0) is 16.1 Å². The van der Waals surface area contributed by atoms with Crippen molar-refractivity contribution in [2.45, 2.75) is 6.92 Å². The van der Waals surface area contributed by atoms with E-state index in [0.29, 0.717) is 17.9 Å². The number of pyridine rings is 1. The third-order valence-corrected chi connectivity index (χ3v) is 4.03. The fraction of sp³-hybridized carbons (Fsp3) is 0.308. The average molecular weight is 358 g/mol. The summed E-state index contributed by atoms with van der Waals surface area (Å²) in [6.07, 6.45) is 4.88. The summed E-state index contributed by atoms with van der Waals surface area (Å²) in [7, 11) is 1.38. The SMILES string of the molecule is CCN(C(=O)CN(C)S(=O)O)c1cn(-c2cccnc2)nc1Cl. The summed E-state index contributed by atoms with van der Waals surface area (Å²) in [4.78, 5) is 17.7. The molecule has 124 valence electrons. The fourth-order valence-electron chi connectivity index (χ4n) is 1.96. The minimum Gasteiger partial charge on any atom is -0.307 e. The lowest BCUT2D eigenvalue weighted by atomic mass is 10.4. The van der Waals surface area contributed by atoms with E-state index in [9.17, 15) is 9.00 Å². The van der Waals surface area contributed by atoms with Crippen LogP contribution in [0.1, 0.15) is 6.92 Å². The van der Waals surface area contributed by atoms with Crippen molar-refractivity contribution in [3.63, 3.8) is 0 Å². The molecule has 8 nitrogen and oxygen atoms in total. The van der Waals surface area contributed by atoms with Gasteiger partial charge in [0.25, 0.3) is 0 Å². The summed E-state index contributed by atoms with van der Waals surface area (Å²) in [5.74, 6) is -0.356. The average Bonchev–Trinajstić information content (AvgIpc) is 2.91. The first-order valence-corrected chi connectivity index (χ1v) is 8.16. The van der Waals surface area contributed by atoms with Gasteiger partial charge in [-0.25, -0.2) is 8.89 Å². The number of halogens is 1. The molecular formula is C13H16ClN5O3S. The Morgan fingerprint density at radius 2 is 2.26 bits per heavy atom. The van der Waals surface area contributed by atoms with Gasteiger partial charge >= 0.3 is 0 Å². The van der Waals surface area contributed by atoms with Crippen LogP contribution in [0.3, 0.4) is 0 Å². The van der Waals surface area contributed by atoms with Gasteiger partial charge in [0.2, 0.25) is 17.2 Å². The maximum Gasteiger partial charge on any atom is 0.242 e. The molecule has 2 rings (SSSR count). The maximum atomic E-state index is 12.3. The first kappa shape index (κ1) is 17.5. The molecule has 2 aromatic heterocycles. The highest BCUT2D eigenvalue weighted by Gasteiger charge is 2.22. The van der Waals surface area contributed by atoms with Crippen molar-refractivity contribution in [3.8, 4) is 5.69 Å². The Hall–Kier alpha value is -1.81. The minimum absolute atomic E-state index is 0.164. The van der Waals surface area contributed by atoms with Gasteiger partial charge in [0.1, 0.15) is 5.69 Å². The molecule has 2 aromatic rings. The van der Waals surface area contributed by atoms with Gasteiger partial charge in [-0.2, -0.15) is 9.40 Å². The molecule has 1 atom stereocenters. The maximum absolute atomic E-state index is 12.3. The first-order valence-electron chi connectivity index (χ1n) is 6.72. The lowest BCUT2D eigenvalue weighted by Crippen LogP contribution is -2.39. The van der Waals surface area contributed by atoms with Crippen LogP contribution in [0.4, 0.5) is 5.69 Å². The summed E-state index contributed by atoms with van der Waals surface area (Å²) in [6.45, 7) is 1.92. The Balaban J connectivity index is 2.26. The Morgan fingerprint density at radius 1 is 1.52 bits per heavy atom. The van der Waals surface area contributed by atoms with E-state index in [4.69, 9.17) is 16.2 Å². The Labute approximate surface area is 141 Å². The van der Waals surface area contributed by atoms with Crippen molar-refractivity contribution in [1.82, 2.24) is 19.1 Å². The smallest absolute Gasteiger partial charge is 0.242 e. The number of amides is 1. The number of hydrogen-bond donors (Lipinski definition) is 1. The van der Waals surface area contributed by atoms with Gasteiger partial charge in [0, 0.05) is 19.8 Å². The van der Waals surface area contributed by atoms with E-state index < -0.39 is 11.3 Å². The molecule has 1 N–H and O–H groups in total. The molecule has 0 saturated heterocycles. The van der Waals surface area contributed by atoms with Crippen LogP contribution in [0.25, 0.3) is 5.69 Å². The van der Waals surface area contributed by atoms with E-state index in [0.717, 1.165) is 4.31 Å². The van der Waals surface area contributed by atoms with E-state index in [1.54, 1.807) is 37.6 Å². The molecule has 0 aliphatic rings. The molecule has 0 fully saturated rings. The highest BCUT2D eigenvalue weighted by molar-refractivity contribution is 7.76. The normalized spacial score (nSPS) is 12.4. The van der Waals surface area contributed by atoms with Gasteiger partial charge in [0.15, 0.2) is 5.15 Å². The minimum atomic E-state index is -2.21. The topological polar surface area (TPSA) is 91.6 Å². The Morgan fingerprint density at radius 3 is 2.83 bits per heavy atom. The molecule has 0 radical (unpaired) electrons. The van der Waals surface area contributed by atoms with E-state index >= 15 is 0 Å². The zero-order chi connectivity index (χ0) is 17.0. The summed E-state index contributed by atoms with van der Waals surface area (Å²) in [5.41, 5.74) is 1.14. The van der Waals surface area contributed by atoms with E-state index in [-0.39, 0.29) is 17.6 Å². The molecule has 0 saturated carbocycles. The van der Waals surface area contributed by atoms with Crippen LogP contribution in [0.15, 0.2) is 30.7 Å². The van der Waals surface area contributed by atoms with Gasteiger partial charge in [0.05, 0.1) is 24.6 Å². The second-order valence-electron chi connectivity index (χ2n) is 4.62. The van der Waals surface area contributed by atoms with Gasteiger partial charge in [-0.1, -0.05) is 11.6 Å². The number of aromatic nitrogens is 3. The van der Waals surface area contributed by atoms with Crippen molar-refractivity contribution < 1.29 is 13.6 Å². The standard InChI is InChI=1S/C13H16ClN5O3S/c1-3-18(12(20)9-17(2)23(21)22)11-8-19(16-13(11)14)10-5-4-6-15-7-10/h4-8H,3,9H2,1-2H3,(H,21,22). The van der Waals surface area contributed by atoms with Crippen LogP contribution in [0.5, 0.6) is 0 Å². The molecular weight excluding hydrogens is 342 g/mol. The molecule has 1 amide bonds. The zero-order valence-corrected chi connectivity index (χ0v) is 14.2. The van der Waals surface area contributed by atoms with E-state index in [1.807, 2.05) is 0 Å². The van der Waals surface area contributed by atoms with Crippen LogP contribution < -0.4 is 4.90 Å². The number of carbonyl (C=O) groups is 1. The van der Waals surface area contributed by atoms with Crippen molar-refractivity contribution in [1.29, 1.82) is 0 Å². The number of likely N-dealkylation sites (N-methyl/N-ethyl adjacent to an activating group) is 2. The van der Waals surface area contributed by atoms with E-state index in [2.05, 4.69) is 10.1 Å². The third kappa shape index (κ3) is 4.14. The lowest BCUT2D eigenvalue weighted by molar-refractivity contribution is -0.118. The van der Waals surface area contributed by atoms with Gasteiger partial charge < -0.3 is 4.90 Å². The summed E-state index contributed by atoms with van der Waals surface area (Å²) in [5, 5.41) is 4.34. The second-order valence-corrected chi connectivity index (χ2v) is 6.06. The number of nitrogens with zero attached hydrogens (tertiary/aromatic N) is 5. The number of hydrogen-bond acceptors (Lipinski definition) is 4. The third-order valence-electron chi connectivity index (χ3n) is 3.09. The molecule has 1 unspecified atom stereocenters. The Bertz CT molecular complexity index is 709. The largest absolute Gasteiger partial charge is 0.307 e. The van der Waals surface area contributed by atoms with Crippen LogP contribution in [-0.4, -0.2) is 53.9 Å². The van der Waals surface area contributed by atoms with Gasteiger partial charge in [-0.15, -0.1) is 0 Å². The molecule has 0 aliphatic carbocycles. The molecule has 2 heterocycles. The highest BCUT2D eigenvalue weighted by Crippen LogP contribution is 2.26. The molecule has 0 aliphatic heterocycles. The van der Waals surface area contributed by atoms with Crippen molar-refractivity contribution in [2.24, 2.45) is 0 Å². The van der Waals surface area contributed by atoms with E-state index in [1.165, 1.54) is 16.6 Å². The van der Waals surface area contributed by atoms with Crippen LogP contribution in [0, 0.1) is 0 Å². The molecule has 0 aromatic carbocycles.